The van der Waals surface area contributed by atoms with E-state index in [-0.39, 0.29) is 0 Å². The Morgan fingerprint density at radius 1 is 1.44 bits per heavy atom. The third-order valence-electron chi connectivity index (χ3n) is 2.38. The van der Waals surface area contributed by atoms with E-state index in [0.29, 0.717) is 6.61 Å². The first-order valence-corrected chi connectivity index (χ1v) is 6.43. The fraction of sp³-hybridized carbons (Fsp3) is 0.727. The molecule has 0 aliphatic heterocycles. The van der Waals surface area contributed by atoms with Gasteiger partial charge in [0.05, 0.1) is 12.3 Å². The molecule has 1 rings (SSSR count). The number of hydrogen-bond acceptors (Lipinski definition) is 5. The molecule has 0 radical (unpaired) electrons. The molecular formula is C11H21N3OS. The largest absolute Gasteiger partial charge is 0.378 e. The van der Waals surface area contributed by atoms with E-state index in [9.17, 15) is 0 Å². The molecule has 0 aromatic carbocycles. The molecule has 1 N–H and O–H groups in total. The van der Waals surface area contributed by atoms with Crippen LogP contribution < -0.4 is 10.2 Å². The van der Waals surface area contributed by atoms with E-state index in [1.54, 1.807) is 18.4 Å². The fourth-order valence-corrected chi connectivity index (χ4v) is 2.35. The number of anilines is 1. The van der Waals surface area contributed by atoms with Crippen LogP contribution in [0, 0.1) is 0 Å². The van der Waals surface area contributed by atoms with E-state index in [2.05, 4.69) is 36.1 Å². The monoisotopic (exact) mass is 243 g/mol. The molecule has 4 nitrogen and oxygen atoms in total. The summed E-state index contributed by atoms with van der Waals surface area (Å²) in [6.07, 6.45) is 0. The maximum Gasteiger partial charge on any atom is 0.185 e. The molecule has 16 heavy (non-hydrogen) atoms. The minimum Gasteiger partial charge on any atom is -0.378 e. The predicted molar refractivity (Wildman–Crippen MR) is 69.2 cm³/mol. The first kappa shape index (κ1) is 13.4. The standard InChI is InChI=1S/C11H21N3OS/c1-5-12-7-10-9(8-15-4)13-11(16-10)14(3)6-2/h12H,5-8H2,1-4H3. The molecule has 1 aromatic rings. The lowest BCUT2D eigenvalue weighted by Gasteiger charge is -2.11. The maximum absolute atomic E-state index is 5.17. The van der Waals surface area contributed by atoms with Crippen molar-refractivity contribution in [3.63, 3.8) is 0 Å². The molecular weight excluding hydrogens is 222 g/mol. The van der Waals surface area contributed by atoms with Crippen LogP contribution in [0.3, 0.4) is 0 Å². The van der Waals surface area contributed by atoms with Crippen molar-refractivity contribution in [2.24, 2.45) is 0 Å². The van der Waals surface area contributed by atoms with Crippen molar-refractivity contribution in [2.45, 2.75) is 27.0 Å². The highest BCUT2D eigenvalue weighted by Crippen LogP contribution is 2.26. The van der Waals surface area contributed by atoms with Crippen LogP contribution in [-0.2, 0) is 17.9 Å². The van der Waals surface area contributed by atoms with Crippen LogP contribution in [-0.4, -0.2) is 32.2 Å². The number of aromatic nitrogens is 1. The normalized spacial score (nSPS) is 10.8. The van der Waals surface area contributed by atoms with Crippen LogP contribution in [0.1, 0.15) is 24.4 Å². The number of methoxy groups -OCH3 is 1. The Bertz CT molecular complexity index is 314. The predicted octanol–water partition coefficient (Wildman–Crippen LogP) is 1.86. The van der Waals surface area contributed by atoms with Gasteiger partial charge in [0.25, 0.3) is 0 Å². The van der Waals surface area contributed by atoms with Crippen molar-refractivity contribution in [3.05, 3.63) is 10.6 Å². The Balaban J connectivity index is 2.81. The van der Waals surface area contributed by atoms with Crippen molar-refractivity contribution in [1.82, 2.24) is 10.3 Å². The molecule has 1 heterocycles. The zero-order valence-corrected chi connectivity index (χ0v) is 11.4. The lowest BCUT2D eigenvalue weighted by molar-refractivity contribution is 0.181. The molecule has 1 aromatic heterocycles. The fourth-order valence-electron chi connectivity index (χ4n) is 1.29. The van der Waals surface area contributed by atoms with Crippen LogP contribution in [0.2, 0.25) is 0 Å². The minimum atomic E-state index is 0.592. The second-order valence-corrected chi connectivity index (χ2v) is 4.66. The summed E-state index contributed by atoms with van der Waals surface area (Å²) in [7, 11) is 3.77. The van der Waals surface area contributed by atoms with Gasteiger partial charge in [-0.2, -0.15) is 0 Å². The quantitative estimate of drug-likeness (QED) is 0.793. The Kier molecular flexibility index (Phi) is 5.73. The number of thiazole rings is 1. The van der Waals surface area contributed by atoms with Gasteiger partial charge in [0.1, 0.15) is 0 Å². The summed E-state index contributed by atoms with van der Waals surface area (Å²) >= 11 is 1.74. The summed E-state index contributed by atoms with van der Waals surface area (Å²) < 4.78 is 5.17. The summed E-state index contributed by atoms with van der Waals surface area (Å²) in [6.45, 7) is 7.65. The van der Waals surface area contributed by atoms with Crippen LogP contribution in [0.5, 0.6) is 0 Å². The summed E-state index contributed by atoms with van der Waals surface area (Å²) in [5.41, 5.74) is 1.06. The van der Waals surface area contributed by atoms with E-state index < -0.39 is 0 Å². The molecule has 0 atom stereocenters. The molecule has 0 fully saturated rings. The molecule has 0 saturated carbocycles. The van der Waals surface area contributed by atoms with Gasteiger partial charge in [0, 0.05) is 32.1 Å². The smallest absolute Gasteiger partial charge is 0.185 e. The highest BCUT2D eigenvalue weighted by atomic mass is 32.1. The number of nitrogens with one attached hydrogen (secondary N) is 1. The summed E-state index contributed by atoms with van der Waals surface area (Å²) in [4.78, 5) is 8.03. The third-order valence-corrected chi connectivity index (χ3v) is 3.60. The second kappa shape index (κ2) is 6.83. The maximum atomic E-state index is 5.17. The Morgan fingerprint density at radius 3 is 2.75 bits per heavy atom. The van der Waals surface area contributed by atoms with E-state index in [0.717, 1.165) is 30.5 Å². The van der Waals surface area contributed by atoms with Crippen LogP contribution in [0.4, 0.5) is 5.13 Å². The molecule has 0 spiro atoms. The zero-order valence-electron chi connectivity index (χ0n) is 10.5. The van der Waals surface area contributed by atoms with Gasteiger partial charge >= 0.3 is 0 Å². The summed E-state index contributed by atoms with van der Waals surface area (Å²) in [5, 5.41) is 4.40. The van der Waals surface area contributed by atoms with Crippen molar-refractivity contribution in [3.8, 4) is 0 Å². The topological polar surface area (TPSA) is 37.4 Å². The molecule has 0 aliphatic carbocycles. The zero-order chi connectivity index (χ0) is 12.0. The van der Waals surface area contributed by atoms with E-state index in [1.165, 1.54) is 4.88 Å². The molecule has 0 unspecified atom stereocenters. The van der Waals surface area contributed by atoms with Gasteiger partial charge < -0.3 is 15.0 Å². The van der Waals surface area contributed by atoms with Crippen molar-refractivity contribution < 1.29 is 4.74 Å². The average molecular weight is 243 g/mol. The van der Waals surface area contributed by atoms with E-state index in [4.69, 9.17) is 4.74 Å². The van der Waals surface area contributed by atoms with Gasteiger partial charge in [0.2, 0.25) is 0 Å². The number of nitrogens with zero attached hydrogens (tertiary/aromatic N) is 2. The minimum absolute atomic E-state index is 0.592. The highest BCUT2D eigenvalue weighted by molar-refractivity contribution is 7.15. The molecule has 92 valence electrons. The number of ether oxygens (including phenoxy) is 1. The SMILES string of the molecule is CCNCc1sc(N(C)CC)nc1COC. The van der Waals surface area contributed by atoms with Gasteiger partial charge in [-0.25, -0.2) is 4.98 Å². The Labute approximate surface area is 102 Å². The molecule has 0 bridgehead atoms. The first-order chi connectivity index (χ1) is 7.72. The third kappa shape index (κ3) is 3.43. The number of rotatable bonds is 7. The Morgan fingerprint density at radius 2 is 2.19 bits per heavy atom. The average Bonchev–Trinajstić information content (AvgIpc) is 2.69. The lowest BCUT2D eigenvalue weighted by Crippen LogP contribution is -2.15. The second-order valence-electron chi connectivity index (χ2n) is 3.59. The van der Waals surface area contributed by atoms with Gasteiger partial charge in [-0.1, -0.05) is 6.92 Å². The Hall–Kier alpha value is -0.650. The van der Waals surface area contributed by atoms with Crippen molar-refractivity contribution in [2.75, 3.05) is 32.1 Å². The van der Waals surface area contributed by atoms with Gasteiger partial charge in [-0.3, -0.25) is 0 Å². The lowest BCUT2D eigenvalue weighted by atomic mass is 10.3. The first-order valence-electron chi connectivity index (χ1n) is 5.62. The molecule has 5 heteroatoms. The molecule has 0 amide bonds. The van der Waals surface area contributed by atoms with Crippen LogP contribution in [0.25, 0.3) is 0 Å². The molecule has 0 aliphatic rings. The van der Waals surface area contributed by atoms with Crippen molar-refractivity contribution >= 4 is 16.5 Å². The highest BCUT2D eigenvalue weighted by Gasteiger charge is 2.12. The van der Waals surface area contributed by atoms with Crippen molar-refractivity contribution in [1.29, 1.82) is 0 Å². The van der Waals surface area contributed by atoms with E-state index >= 15 is 0 Å². The van der Waals surface area contributed by atoms with E-state index in [1.807, 2.05) is 0 Å². The van der Waals surface area contributed by atoms with Gasteiger partial charge in [0.15, 0.2) is 5.13 Å². The molecule has 0 saturated heterocycles. The van der Waals surface area contributed by atoms with Crippen LogP contribution in [0.15, 0.2) is 0 Å². The summed E-state index contributed by atoms with van der Waals surface area (Å²) in [6, 6.07) is 0. The number of hydrogen-bond donors (Lipinski definition) is 1. The van der Waals surface area contributed by atoms with Crippen LogP contribution >= 0.6 is 11.3 Å². The van der Waals surface area contributed by atoms with Gasteiger partial charge in [-0.05, 0) is 13.5 Å². The van der Waals surface area contributed by atoms with Gasteiger partial charge in [-0.15, -0.1) is 11.3 Å². The summed E-state index contributed by atoms with van der Waals surface area (Å²) in [5.74, 6) is 0.